The maximum absolute atomic E-state index is 13.6. The minimum absolute atomic E-state index is 0.0857. The average molecular weight is 594 g/mol. The molecule has 3 aliphatic heterocycles. The number of nitrogens with zero attached hydrogens (tertiary/aromatic N) is 3. The Kier molecular flexibility index (Phi) is 9.15. The summed E-state index contributed by atoms with van der Waals surface area (Å²) in [5.41, 5.74) is 3.28. The third kappa shape index (κ3) is 6.21. The van der Waals surface area contributed by atoms with Crippen molar-refractivity contribution < 1.29 is 23.9 Å². The van der Waals surface area contributed by atoms with Crippen LogP contribution >= 0.6 is 23.4 Å². The van der Waals surface area contributed by atoms with Crippen LogP contribution in [0.3, 0.4) is 0 Å². The van der Waals surface area contributed by atoms with Gasteiger partial charge in [0, 0.05) is 29.4 Å². The number of amides is 1. The van der Waals surface area contributed by atoms with Gasteiger partial charge in [0.25, 0.3) is 0 Å². The van der Waals surface area contributed by atoms with Crippen LogP contribution in [0.15, 0.2) is 76.3 Å². The first kappa shape index (κ1) is 29.0. The summed E-state index contributed by atoms with van der Waals surface area (Å²) >= 11 is 7.65. The lowest BCUT2D eigenvalue weighted by molar-refractivity contribution is -0.151. The van der Waals surface area contributed by atoms with Crippen molar-refractivity contribution in [3.63, 3.8) is 0 Å². The summed E-state index contributed by atoms with van der Waals surface area (Å²) in [6.45, 7) is 5.01. The van der Waals surface area contributed by atoms with Gasteiger partial charge in [-0.3, -0.25) is 9.59 Å². The molecule has 1 saturated heterocycles. The maximum Gasteiger partial charge on any atom is 0.338 e. The number of benzene rings is 2. The molecule has 3 aliphatic rings. The molecule has 3 heterocycles. The molecular weight excluding hydrogens is 562 g/mol. The van der Waals surface area contributed by atoms with E-state index in [-0.39, 0.29) is 30.8 Å². The third-order valence-corrected chi connectivity index (χ3v) is 8.41. The van der Waals surface area contributed by atoms with E-state index in [9.17, 15) is 14.4 Å². The summed E-state index contributed by atoms with van der Waals surface area (Å²) in [5, 5.41) is 3.16. The second kappa shape index (κ2) is 13.0. The van der Waals surface area contributed by atoms with Gasteiger partial charge in [0.05, 0.1) is 42.9 Å². The number of hydrogen-bond acceptors (Lipinski definition) is 8. The second-order valence-electron chi connectivity index (χ2n) is 9.90. The molecule has 0 aromatic heterocycles. The Morgan fingerprint density at radius 3 is 2.46 bits per heavy atom. The molecule has 214 valence electrons. The number of thioether (sulfide) groups is 1. The molecule has 2 aromatic rings. The topological polar surface area (TPSA) is 88.5 Å². The van der Waals surface area contributed by atoms with Gasteiger partial charge < -0.3 is 19.3 Å². The van der Waals surface area contributed by atoms with Crippen LogP contribution in [0.4, 0.5) is 0 Å². The van der Waals surface area contributed by atoms with Crippen LogP contribution in [0.25, 0.3) is 5.70 Å². The number of esters is 2. The minimum Gasteiger partial charge on any atom is -0.466 e. The zero-order valence-electron chi connectivity index (χ0n) is 23.0. The van der Waals surface area contributed by atoms with E-state index in [0.29, 0.717) is 47.6 Å². The van der Waals surface area contributed by atoms with Crippen molar-refractivity contribution in [2.75, 3.05) is 26.3 Å². The van der Waals surface area contributed by atoms with Gasteiger partial charge in [0.1, 0.15) is 0 Å². The number of rotatable bonds is 8. The molecule has 0 N–H and O–H groups in total. The quantitative estimate of drug-likeness (QED) is 0.357. The molecule has 0 unspecified atom stereocenters. The van der Waals surface area contributed by atoms with E-state index < -0.39 is 12.0 Å². The standard InChI is InChI=1S/C31H32ClN3O5S/c1-3-39-29(37)22-11-8-16-34(18-22)25(36)17-24-19-41-31-33-27(20-9-6-5-7-10-20)26(30(38)40-4-2)28(35(24)31)21-12-14-23(32)15-13-21/h5-7,9-10,12-15,19,22,28H,3-4,8,11,16-18H2,1-2H3/t22-,28+/m0/s1. The van der Waals surface area contributed by atoms with Crippen molar-refractivity contribution >= 4 is 52.1 Å². The molecule has 0 bridgehead atoms. The summed E-state index contributed by atoms with van der Waals surface area (Å²) in [6, 6.07) is 16.3. The summed E-state index contributed by atoms with van der Waals surface area (Å²) in [4.78, 5) is 48.2. The number of halogens is 1. The molecule has 0 aliphatic carbocycles. The zero-order chi connectivity index (χ0) is 28.9. The Hall–Kier alpha value is -3.56. The SMILES string of the molecule is CCOC(=O)C1=C(c2ccccc2)N=C2SC=C(CC(=O)N3CCC[C@H](C(=O)OCC)C3)N2[C@@H]1c1ccc(Cl)cc1. The van der Waals surface area contributed by atoms with Gasteiger partial charge in [-0.1, -0.05) is 65.8 Å². The number of fused-ring (bicyclic) bond motifs is 1. The molecule has 0 saturated carbocycles. The summed E-state index contributed by atoms with van der Waals surface area (Å²) < 4.78 is 10.8. The minimum atomic E-state index is -0.586. The molecule has 10 heteroatoms. The fourth-order valence-electron chi connectivity index (χ4n) is 5.37. The molecule has 2 atom stereocenters. The van der Waals surface area contributed by atoms with E-state index in [1.165, 1.54) is 11.8 Å². The first-order chi connectivity index (χ1) is 19.9. The highest BCUT2D eigenvalue weighted by Crippen LogP contribution is 2.47. The summed E-state index contributed by atoms with van der Waals surface area (Å²) in [6.07, 6.45) is 1.55. The Labute approximate surface area is 249 Å². The molecule has 2 aromatic carbocycles. The van der Waals surface area contributed by atoms with Gasteiger partial charge in [-0.05, 0) is 49.8 Å². The number of likely N-dealkylation sites (tertiary alicyclic amines) is 1. The van der Waals surface area contributed by atoms with Crippen molar-refractivity contribution in [1.82, 2.24) is 9.80 Å². The lowest BCUT2D eigenvalue weighted by Crippen LogP contribution is -2.44. The number of carbonyl (C=O) groups is 3. The van der Waals surface area contributed by atoms with Crippen molar-refractivity contribution in [2.45, 2.75) is 39.2 Å². The first-order valence-corrected chi connectivity index (χ1v) is 15.1. The first-order valence-electron chi connectivity index (χ1n) is 13.8. The summed E-state index contributed by atoms with van der Waals surface area (Å²) in [7, 11) is 0. The largest absolute Gasteiger partial charge is 0.466 e. The van der Waals surface area contributed by atoms with Crippen LogP contribution in [0.2, 0.25) is 5.02 Å². The Morgan fingerprint density at radius 1 is 1.02 bits per heavy atom. The number of amidine groups is 1. The van der Waals surface area contributed by atoms with Crippen LogP contribution in [0.1, 0.15) is 50.3 Å². The second-order valence-corrected chi connectivity index (χ2v) is 11.2. The highest BCUT2D eigenvalue weighted by atomic mass is 35.5. The predicted molar refractivity (Wildman–Crippen MR) is 160 cm³/mol. The van der Waals surface area contributed by atoms with Gasteiger partial charge in [0.2, 0.25) is 5.91 Å². The number of carbonyl (C=O) groups excluding carboxylic acids is 3. The number of ether oxygens (including phenoxy) is 2. The fourth-order valence-corrected chi connectivity index (χ4v) is 6.42. The molecular formula is C31H32ClN3O5S. The Bertz CT molecular complexity index is 1410. The summed E-state index contributed by atoms with van der Waals surface area (Å²) in [5.74, 6) is -1.13. The van der Waals surface area contributed by atoms with Crippen LogP contribution in [0, 0.1) is 5.92 Å². The van der Waals surface area contributed by atoms with Gasteiger partial charge in [-0.15, -0.1) is 0 Å². The van der Waals surface area contributed by atoms with Gasteiger partial charge in [-0.25, -0.2) is 9.79 Å². The zero-order valence-corrected chi connectivity index (χ0v) is 24.6. The van der Waals surface area contributed by atoms with Crippen LogP contribution < -0.4 is 0 Å². The van der Waals surface area contributed by atoms with E-state index in [4.69, 9.17) is 26.1 Å². The van der Waals surface area contributed by atoms with Crippen LogP contribution in [-0.2, 0) is 23.9 Å². The average Bonchev–Trinajstić information content (AvgIpc) is 3.39. The highest BCUT2D eigenvalue weighted by molar-refractivity contribution is 8.16. The van der Waals surface area contributed by atoms with Gasteiger partial charge >= 0.3 is 11.9 Å². The lowest BCUT2D eigenvalue weighted by Gasteiger charge is -2.37. The van der Waals surface area contributed by atoms with Crippen molar-refractivity contribution in [3.8, 4) is 0 Å². The lowest BCUT2D eigenvalue weighted by atomic mass is 9.91. The van der Waals surface area contributed by atoms with E-state index >= 15 is 0 Å². The molecule has 1 amide bonds. The normalized spacial score (nSPS) is 20.3. The molecule has 1 fully saturated rings. The number of hydrogen-bond donors (Lipinski definition) is 0. The third-order valence-electron chi connectivity index (χ3n) is 7.26. The van der Waals surface area contributed by atoms with Crippen LogP contribution in [-0.4, -0.2) is 59.1 Å². The van der Waals surface area contributed by atoms with Gasteiger partial charge in [0.15, 0.2) is 5.17 Å². The van der Waals surface area contributed by atoms with Gasteiger partial charge in [-0.2, -0.15) is 0 Å². The molecule has 0 spiro atoms. The number of aliphatic imine (C=N–C) groups is 1. The van der Waals surface area contributed by atoms with E-state index in [0.717, 1.165) is 23.2 Å². The van der Waals surface area contributed by atoms with E-state index in [1.807, 2.05) is 52.8 Å². The van der Waals surface area contributed by atoms with E-state index in [2.05, 4.69) is 0 Å². The maximum atomic E-state index is 13.6. The van der Waals surface area contributed by atoms with Crippen molar-refractivity contribution in [2.24, 2.45) is 10.9 Å². The Balaban J connectivity index is 1.50. The van der Waals surface area contributed by atoms with E-state index in [1.54, 1.807) is 30.9 Å². The highest BCUT2D eigenvalue weighted by Gasteiger charge is 2.43. The molecule has 8 nitrogen and oxygen atoms in total. The van der Waals surface area contributed by atoms with Crippen molar-refractivity contribution in [1.29, 1.82) is 0 Å². The molecule has 41 heavy (non-hydrogen) atoms. The number of piperidine rings is 1. The van der Waals surface area contributed by atoms with Crippen molar-refractivity contribution in [3.05, 3.63) is 87.4 Å². The van der Waals surface area contributed by atoms with Crippen LogP contribution in [0.5, 0.6) is 0 Å². The molecule has 0 radical (unpaired) electrons. The smallest absolute Gasteiger partial charge is 0.338 e. The fraction of sp³-hybridized carbons (Fsp3) is 0.355. The molecule has 5 rings (SSSR count). The Morgan fingerprint density at radius 2 is 1.76 bits per heavy atom. The monoisotopic (exact) mass is 593 g/mol. The predicted octanol–water partition coefficient (Wildman–Crippen LogP) is 5.81.